The van der Waals surface area contributed by atoms with Crippen LogP contribution in [-0.4, -0.2) is 35.5 Å². The molecule has 2 amide bonds. The third-order valence-corrected chi connectivity index (χ3v) is 5.52. The van der Waals surface area contributed by atoms with Crippen molar-refractivity contribution in [3.63, 3.8) is 0 Å². The smallest absolute Gasteiger partial charge is 0.273 e. The minimum absolute atomic E-state index is 0.128. The Balaban J connectivity index is 1.39. The van der Waals surface area contributed by atoms with E-state index in [0.717, 1.165) is 16.9 Å². The average Bonchev–Trinajstić information content (AvgIpc) is 3.38. The third kappa shape index (κ3) is 6.57. The van der Waals surface area contributed by atoms with Crippen LogP contribution in [0.2, 0.25) is 0 Å². The van der Waals surface area contributed by atoms with Gasteiger partial charge in [0.15, 0.2) is 11.5 Å². The van der Waals surface area contributed by atoms with E-state index in [4.69, 9.17) is 9.26 Å². The van der Waals surface area contributed by atoms with Gasteiger partial charge >= 0.3 is 0 Å². The fourth-order valence-electron chi connectivity index (χ4n) is 3.65. The van der Waals surface area contributed by atoms with Gasteiger partial charge < -0.3 is 19.5 Å². The van der Waals surface area contributed by atoms with E-state index >= 15 is 0 Å². The van der Waals surface area contributed by atoms with Gasteiger partial charge in [-0.1, -0.05) is 65.8 Å². The summed E-state index contributed by atoms with van der Waals surface area (Å²) in [6.45, 7) is 1.05. The lowest BCUT2D eigenvalue weighted by atomic mass is 10.1. The van der Waals surface area contributed by atoms with Crippen molar-refractivity contribution < 1.29 is 18.8 Å². The van der Waals surface area contributed by atoms with Gasteiger partial charge in [-0.15, -0.1) is 0 Å². The number of hydrogen-bond donors (Lipinski definition) is 1. The summed E-state index contributed by atoms with van der Waals surface area (Å²) in [6.07, 6.45) is 0.677. The number of rotatable bonds is 10. The van der Waals surface area contributed by atoms with Crippen molar-refractivity contribution in [2.45, 2.75) is 19.5 Å². The maximum absolute atomic E-state index is 13.2. The molecule has 1 N–H and O–H groups in total. The van der Waals surface area contributed by atoms with Crippen molar-refractivity contribution in [1.29, 1.82) is 0 Å². The van der Waals surface area contributed by atoms with E-state index in [1.54, 1.807) is 30.2 Å². The first kappa shape index (κ1) is 23.8. The standard InChI is InChI=1S/C28H27N3O4/c1-34-24-14-12-21(13-15-24)16-17-29-27(32)26-18-25(35-30-26)20-31(19-22-8-4-2-5-9-22)28(33)23-10-6-3-7-11-23/h2-15,18H,16-17,19-20H2,1H3,(H,29,32). The maximum atomic E-state index is 13.2. The maximum Gasteiger partial charge on any atom is 0.273 e. The lowest BCUT2D eigenvalue weighted by Crippen LogP contribution is -2.30. The number of hydrogen-bond acceptors (Lipinski definition) is 5. The Labute approximate surface area is 204 Å². The molecule has 0 aliphatic rings. The zero-order chi connectivity index (χ0) is 24.5. The van der Waals surface area contributed by atoms with Crippen LogP contribution in [0.5, 0.6) is 5.75 Å². The molecule has 0 atom stereocenters. The van der Waals surface area contributed by atoms with Gasteiger partial charge in [-0.25, -0.2) is 0 Å². The Hall–Kier alpha value is -4.39. The topological polar surface area (TPSA) is 84.7 Å². The first-order valence-electron chi connectivity index (χ1n) is 11.4. The molecule has 1 aromatic heterocycles. The SMILES string of the molecule is COc1ccc(CCNC(=O)c2cc(CN(Cc3ccccc3)C(=O)c3ccccc3)on2)cc1. The van der Waals surface area contributed by atoms with E-state index < -0.39 is 0 Å². The number of ether oxygens (including phenoxy) is 1. The lowest BCUT2D eigenvalue weighted by Gasteiger charge is -2.21. The van der Waals surface area contributed by atoms with E-state index in [-0.39, 0.29) is 24.1 Å². The van der Waals surface area contributed by atoms with Gasteiger partial charge in [0, 0.05) is 24.7 Å². The van der Waals surface area contributed by atoms with E-state index in [2.05, 4.69) is 10.5 Å². The molecule has 0 saturated carbocycles. The largest absolute Gasteiger partial charge is 0.497 e. The normalized spacial score (nSPS) is 10.5. The van der Waals surface area contributed by atoms with E-state index in [1.165, 1.54) is 0 Å². The molecule has 7 nitrogen and oxygen atoms in total. The summed E-state index contributed by atoms with van der Waals surface area (Å²) in [5, 5.41) is 6.77. The minimum Gasteiger partial charge on any atom is -0.497 e. The Morgan fingerprint density at radius 3 is 2.26 bits per heavy atom. The van der Waals surface area contributed by atoms with Gasteiger partial charge in [0.1, 0.15) is 5.75 Å². The zero-order valence-electron chi connectivity index (χ0n) is 19.5. The van der Waals surface area contributed by atoms with E-state index in [1.807, 2.05) is 72.8 Å². The molecule has 35 heavy (non-hydrogen) atoms. The number of benzene rings is 3. The number of carbonyl (C=O) groups is 2. The van der Waals surface area contributed by atoms with Crippen LogP contribution in [0.25, 0.3) is 0 Å². The monoisotopic (exact) mass is 469 g/mol. The van der Waals surface area contributed by atoms with Crippen molar-refractivity contribution in [2.75, 3.05) is 13.7 Å². The van der Waals surface area contributed by atoms with Crippen LogP contribution in [0.1, 0.15) is 37.7 Å². The van der Waals surface area contributed by atoms with Crippen molar-refractivity contribution in [2.24, 2.45) is 0 Å². The predicted octanol–water partition coefficient (Wildman–Crippen LogP) is 4.50. The van der Waals surface area contributed by atoms with Gasteiger partial charge in [0.25, 0.3) is 11.8 Å². The molecule has 0 spiro atoms. The van der Waals surface area contributed by atoms with Crippen molar-refractivity contribution in [1.82, 2.24) is 15.4 Å². The van der Waals surface area contributed by atoms with Crippen LogP contribution in [0.4, 0.5) is 0 Å². The van der Waals surface area contributed by atoms with Crippen LogP contribution in [0.15, 0.2) is 95.5 Å². The molecule has 4 aromatic rings. The number of nitrogens with zero attached hydrogens (tertiary/aromatic N) is 2. The van der Waals surface area contributed by atoms with Crippen molar-refractivity contribution in [3.8, 4) is 5.75 Å². The molecule has 0 radical (unpaired) electrons. The summed E-state index contributed by atoms with van der Waals surface area (Å²) in [5.41, 5.74) is 2.84. The number of aromatic nitrogens is 1. The fourth-order valence-corrected chi connectivity index (χ4v) is 3.65. The summed E-state index contributed by atoms with van der Waals surface area (Å²) in [7, 11) is 1.62. The average molecular weight is 470 g/mol. The van der Waals surface area contributed by atoms with Gasteiger partial charge in [-0.2, -0.15) is 0 Å². The first-order chi connectivity index (χ1) is 17.1. The molecule has 0 aliphatic carbocycles. The molecule has 0 fully saturated rings. The lowest BCUT2D eigenvalue weighted by molar-refractivity contribution is 0.0713. The minimum atomic E-state index is -0.322. The number of amides is 2. The molecule has 7 heteroatoms. The molecule has 178 valence electrons. The highest BCUT2D eigenvalue weighted by Gasteiger charge is 2.20. The highest BCUT2D eigenvalue weighted by Crippen LogP contribution is 2.16. The van der Waals surface area contributed by atoms with Crippen LogP contribution < -0.4 is 10.1 Å². The van der Waals surface area contributed by atoms with Crippen LogP contribution in [0, 0.1) is 0 Å². The Bertz CT molecular complexity index is 1240. The molecule has 0 aliphatic heterocycles. The van der Waals surface area contributed by atoms with Gasteiger partial charge in [0.05, 0.1) is 13.7 Å². The number of methoxy groups -OCH3 is 1. The second-order valence-corrected chi connectivity index (χ2v) is 8.05. The summed E-state index contributed by atoms with van der Waals surface area (Å²) in [5.74, 6) is 0.777. The molecular formula is C28H27N3O4. The van der Waals surface area contributed by atoms with Crippen LogP contribution in [-0.2, 0) is 19.5 Å². The number of nitrogens with one attached hydrogen (secondary N) is 1. The Morgan fingerprint density at radius 1 is 0.886 bits per heavy atom. The molecule has 4 rings (SSSR count). The number of carbonyl (C=O) groups excluding carboxylic acids is 2. The van der Waals surface area contributed by atoms with E-state index in [9.17, 15) is 9.59 Å². The third-order valence-electron chi connectivity index (χ3n) is 5.52. The molecule has 3 aromatic carbocycles. The van der Waals surface area contributed by atoms with Gasteiger partial charge in [-0.3, -0.25) is 9.59 Å². The molecular weight excluding hydrogens is 442 g/mol. The second-order valence-electron chi connectivity index (χ2n) is 8.05. The highest BCUT2D eigenvalue weighted by atomic mass is 16.5. The summed E-state index contributed by atoms with van der Waals surface area (Å²) in [4.78, 5) is 27.4. The Morgan fingerprint density at radius 2 is 1.57 bits per heavy atom. The predicted molar refractivity (Wildman–Crippen MR) is 132 cm³/mol. The zero-order valence-corrected chi connectivity index (χ0v) is 19.5. The molecule has 1 heterocycles. The second kappa shape index (κ2) is 11.7. The quantitative estimate of drug-likeness (QED) is 0.370. The van der Waals surface area contributed by atoms with Crippen LogP contribution in [0.3, 0.4) is 0 Å². The van der Waals surface area contributed by atoms with E-state index in [0.29, 0.717) is 30.8 Å². The summed E-state index contributed by atoms with van der Waals surface area (Å²) in [6, 6.07) is 28.1. The van der Waals surface area contributed by atoms with Gasteiger partial charge in [0.2, 0.25) is 0 Å². The van der Waals surface area contributed by atoms with Crippen molar-refractivity contribution >= 4 is 11.8 Å². The summed E-state index contributed by atoms with van der Waals surface area (Å²) >= 11 is 0. The van der Waals surface area contributed by atoms with Crippen LogP contribution >= 0.6 is 0 Å². The summed E-state index contributed by atoms with van der Waals surface area (Å²) < 4.78 is 10.6. The van der Waals surface area contributed by atoms with Gasteiger partial charge in [-0.05, 0) is 41.8 Å². The fraction of sp³-hybridized carbons (Fsp3) is 0.179. The molecule has 0 bridgehead atoms. The molecule has 0 saturated heterocycles. The Kier molecular flexibility index (Phi) is 7.91. The first-order valence-corrected chi connectivity index (χ1v) is 11.4. The van der Waals surface area contributed by atoms with Crippen molar-refractivity contribution in [3.05, 3.63) is 119 Å². The molecule has 0 unspecified atom stereocenters. The highest BCUT2D eigenvalue weighted by molar-refractivity contribution is 5.94.